The minimum atomic E-state index is -1.05. The van der Waals surface area contributed by atoms with Crippen molar-refractivity contribution in [3.05, 3.63) is 47.0 Å². The SMILES string of the molecule is CCC(O)(CC(C)C)c1ccccc1NC(=O)c1c(F)n[nH]c1C. The highest BCUT2D eigenvalue weighted by molar-refractivity contribution is 6.05. The Hall–Kier alpha value is -2.21. The molecule has 1 heterocycles. The van der Waals surface area contributed by atoms with E-state index in [9.17, 15) is 14.3 Å². The highest BCUT2D eigenvalue weighted by Gasteiger charge is 2.31. The van der Waals surface area contributed by atoms with E-state index in [0.29, 0.717) is 29.8 Å². The van der Waals surface area contributed by atoms with Crippen LogP contribution >= 0.6 is 0 Å². The number of aromatic amines is 1. The molecule has 0 saturated heterocycles. The number of halogens is 1. The molecule has 3 N–H and O–H groups in total. The summed E-state index contributed by atoms with van der Waals surface area (Å²) in [6.07, 6.45) is 1.08. The molecule has 2 rings (SSSR count). The Morgan fingerprint density at radius 1 is 1.42 bits per heavy atom. The molecule has 1 atom stereocenters. The van der Waals surface area contributed by atoms with Gasteiger partial charge in [-0.2, -0.15) is 4.39 Å². The van der Waals surface area contributed by atoms with Gasteiger partial charge in [0.2, 0.25) is 5.95 Å². The van der Waals surface area contributed by atoms with Gasteiger partial charge in [0, 0.05) is 16.9 Å². The molecular formula is C18H24FN3O2. The summed E-state index contributed by atoms with van der Waals surface area (Å²) in [5.74, 6) is -1.14. The number of anilines is 1. The molecule has 5 nitrogen and oxygen atoms in total. The Bertz CT molecular complexity index is 707. The molecule has 6 heteroatoms. The molecule has 0 aliphatic heterocycles. The van der Waals surface area contributed by atoms with Crippen LogP contribution in [0, 0.1) is 18.8 Å². The van der Waals surface area contributed by atoms with Crippen molar-refractivity contribution < 1.29 is 14.3 Å². The molecule has 1 amide bonds. The number of carbonyl (C=O) groups excluding carboxylic acids is 1. The van der Waals surface area contributed by atoms with E-state index in [-0.39, 0.29) is 11.5 Å². The number of nitrogens with zero attached hydrogens (tertiary/aromatic N) is 1. The fourth-order valence-corrected chi connectivity index (χ4v) is 2.97. The summed E-state index contributed by atoms with van der Waals surface area (Å²) in [5, 5.41) is 19.6. The van der Waals surface area contributed by atoms with Crippen LogP contribution in [0.25, 0.3) is 0 Å². The zero-order chi connectivity index (χ0) is 17.9. The summed E-state index contributed by atoms with van der Waals surface area (Å²) in [6.45, 7) is 7.55. The van der Waals surface area contributed by atoms with Crippen LogP contribution in [0.15, 0.2) is 24.3 Å². The summed E-state index contributed by atoms with van der Waals surface area (Å²) >= 11 is 0. The number of para-hydroxylation sites is 1. The Labute approximate surface area is 141 Å². The molecule has 0 radical (unpaired) electrons. The van der Waals surface area contributed by atoms with Crippen LogP contribution < -0.4 is 5.32 Å². The van der Waals surface area contributed by atoms with Crippen LogP contribution in [0.1, 0.15) is 55.2 Å². The number of nitrogens with one attached hydrogen (secondary N) is 2. The Balaban J connectivity index is 2.37. The zero-order valence-electron chi connectivity index (χ0n) is 14.5. The number of hydrogen-bond acceptors (Lipinski definition) is 3. The van der Waals surface area contributed by atoms with E-state index in [1.165, 1.54) is 0 Å². The fourth-order valence-electron chi connectivity index (χ4n) is 2.97. The Morgan fingerprint density at radius 3 is 2.62 bits per heavy atom. The standard InChI is InChI=1S/C18H24FN3O2/c1-5-18(24,10-11(2)3)13-8-6-7-9-14(13)20-17(23)15-12(4)21-22-16(15)19/h6-9,11,24H,5,10H2,1-4H3,(H,20,23)(H,21,22). The summed E-state index contributed by atoms with van der Waals surface area (Å²) in [6, 6.07) is 7.08. The predicted octanol–water partition coefficient (Wildman–Crippen LogP) is 3.75. The van der Waals surface area contributed by atoms with Gasteiger partial charge in [-0.25, -0.2) is 0 Å². The van der Waals surface area contributed by atoms with Gasteiger partial charge in [0.05, 0.1) is 5.60 Å². The summed E-state index contributed by atoms with van der Waals surface area (Å²) in [7, 11) is 0. The van der Waals surface area contributed by atoms with Gasteiger partial charge in [-0.05, 0) is 31.7 Å². The molecule has 1 aromatic carbocycles. The third kappa shape index (κ3) is 3.64. The molecule has 0 aliphatic carbocycles. The minimum absolute atomic E-state index is 0.117. The van der Waals surface area contributed by atoms with E-state index < -0.39 is 17.5 Å². The maximum atomic E-state index is 13.7. The lowest BCUT2D eigenvalue weighted by Crippen LogP contribution is -2.29. The maximum absolute atomic E-state index is 13.7. The number of hydrogen-bond donors (Lipinski definition) is 3. The zero-order valence-corrected chi connectivity index (χ0v) is 14.5. The van der Waals surface area contributed by atoms with Gasteiger partial charge >= 0.3 is 0 Å². The molecule has 0 fully saturated rings. The highest BCUT2D eigenvalue weighted by atomic mass is 19.1. The Morgan fingerprint density at radius 2 is 2.08 bits per heavy atom. The second-order valence-corrected chi connectivity index (χ2v) is 6.50. The second kappa shape index (κ2) is 7.13. The number of rotatable bonds is 6. The topological polar surface area (TPSA) is 78.0 Å². The van der Waals surface area contributed by atoms with Gasteiger partial charge in [-0.15, -0.1) is 5.10 Å². The monoisotopic (exact) mass is 333 g/mol. The first kappa shape index (κ1) is 18.1. The van der Waals surface area contributed by atoms with Crippen molar-refractivity contribution >= 4 is 11.6 Å². The van der Waals surface area contributed by atoms with Crippen LogP contribution in [0.3, 0.4) is 0 Å². The molecule has 0 saturated carbocycles. The van der Waals surface area contributed by atoms with Gasteiger partial charge in [0.25, 0.3) is 5.91 Å². The molecule has 1 unspecified atom stereocenters. The van der Waals surface area contributed by atoms with Crippen LogP contribution in [-0.2, 0) is 5.60 Å². The average molecular weight is 333 g/mol. The van der Waals surface area contributed by atoms with Crippen molar-refractivity contribution in [2.75, 3.05) is 5.32 Å². The van der Waals surface area contributed by atoms with Crippen molar-refractivity contribution in [3.63, 3.8) is 0 Å². The van der Waals surface area contributed by atoms with Gasteiger partial charge < -0.3 is 10.4 Å². The fraction of sp³-hybridized carbons (Fsp3) is 0.444. The van der Waals surface area contributed by atoms with Crippen molar-refractivity contribution in [1.29, 1.82) is 0 Å². The molecule has 0 aliphatic rings. The summed E-state index contributed by atoms with van der Waals surface area (Å²) in [5.41, 5.74) is 0.301. The van der Waals surface area contributed by atoms with E-state index in [4.69, 9.17) is 0 Å². The van der Waals surface area contributed by atoms with Gasteiger partial charge in [0.15, 0.2) is 0 Å². The van der Waals surface area contributed by atoms with E-state index in [0.717, 1.165) is 0 Å². The van der Waals surface area contributed by atoms with Gasteiger partial charge in [-0.3, -0.25) is 9.89 Å². The second-order valence-electron chi connectivity index (χ2n) is 6.50. The lowest BCUT2D eigenvalue weighted by atomic mass is 9.82. The molecule has 0 spiro atoms. The normalized spacial score (nSPS) is 13.8. The number of H-pyrrole nitrogens is 1. The van der Waals surface area contributed by atoms with E-state index in [1.54, 1.807) is 25.1 Å². The number of aromatic nitrogens is 2. The first-order chi connectivity index (χ1) is 11.3. The van der Waals surface area contributed by atoms with E-state index in [2.05, 4.69) is 15.5 Å². The molecule has 1 aromatic heterocycles. The van der Waals surface area contributed by atoms with Crippen molar-refractivity contribution in [2.24, 2.45) is 5.92 Å². The number of aliphatic hydroxyl groups is 1. The van der Waals surface area contributed by atoms with Crippen LogP contribution in [0.2, 0.25) is 0 Å². The summed E-state index contributed by atoms with van der Waals surface area (Å²) in [4.78, 5) is 12.4. The highest BCUT2D eigenvalue weighted by Crippen LogP contribution is 2.36. The molecule has 2 aromatic rings. The molecular weight excluding hydrogens is 309 g/mol. The van der Waals surface area contributed by atoms with E-state index >= 15 is 0 Å². The average Bonchev–Trinajstić information content (AvgIpc) is 2.86. The van der Waals surface area contributed by atoms with Crippen molar-refractivity contribution in [2.45, 2.75) is 46.1 Å². The number of aryl methyl sites for hydroxylation is 1. The number of carbonyl (C=O) groups is 1. The van der Waals surface area contributed by atoms with Gasteiger partial charge in [0.1, 0.15) is 5.56 Å². The first-order valence-electron chi connectivity index (χ1n) is 8.12. The third-order valence-corrected chi connectivity index (χ3v) is 4.14. The molecule has 24 heavy (non-hydrogen) atoms. The predicted molar refractivity (Wildman–Crippen MR) is 91.3 cm³/mol. The Kier molecular flexibility index (Phi) is 5.39. The maximum Gasteiger partial charge on any atom is 0.262 e. The summed E-state index contributed by atoms with van der Waals surface area (Å²) < 4.78 is 13.7. The molecule has 130 valence electrons. The van der Waals surface area contributed by atoms with Crippen molar-refractivity contribution in [3.8, 4) is 0 Å². The van der Waals surface area contributed by atoms with E-state index in [1.807, 2.05) is 26.8 Å². The van der Waals surface area contributed by atoms with Crippen LogP contribution in [0.5, 0.6) is 0 Å². The first-order valence-corrected chi connectivity index (χ1v) is 8.12. The smallest absolute Gasteiger partial charge is 0.262 e. The third-order valence-electron chi connectivity index (χ3n) is 4.14. The largest absolute Gasteiger partial charge is 0.385 e. The van der Waals surface area contributed by atoms with Crippen molar-refractivity contribution in [1.82, 2.24) is 10.2 Å². The minimum Gasteiger partial charge on any atom is -0.385 e. The molecule has 0 bridgehead atoms. The van der Waals surface area contributed by atoms with Gasteiger partial charge in [-0.1, -0.05) is 39.0 Å². The quantitative estimate of drug-likeness (QED) is 0.753. The lowest BCUT2D eigenvalue weighted by molar-refractivity contribution is 0.0120. The number of benzene rings is 1. The van der Waals surface area contributed by atoms with Crippen LogP contribution in [-0.4, -0.2) is 21.2 Å². The lowest BCUT2D eigenvalue weighted by Gasteiger charge is -2.31. The number of amides is 1. The van der Waals surface area contributed by atoms with Crippen LogP contribution in [0.4, 0.5) is 10.1 Å².